The Bertz CT molecular complexity index is 737. The summed E-state index contributed by atoms with van der Waals surface area (Å²) in [5, 5.41) is 7.21. The van der Waals surface area contributed by atoms with Crippen molar-refractivity contribution in [2.45, 2.75) is 26.3 Å². The molecule has 21 heavy (non-hydrogen) atoms. The van der Waals surface area contributed by atoms with Gasteiger partial charge in [-0.15, -0.1) is 11.3 Å². The maximum atomic E-state index is 3.51. The molecule has 0 radical (unpaired) electrons. The molecule has 0 aliphatic heterocycles. The number of likely N-dealkylation sites (N-methyl/N-ethyl adjacent to an activating group) is 1. The molecule has 0 saturated heterocycles. The summed E-state index contributed by atoms with van der Waals surface area (Å²) < 4.78 is 1.38. The first-order valence-corrected chi connectivity index (χ1v) is 8.27. The van der Waals surface area contributed by atoms with Crippen molar-refractivity contribution in [3.8, 4) is 0 Å². The van der Waals surface area contributed by atoms with Gasteiger partial charge < -0.3 is 5.32 Å². The van der Waals surface area contributed by atoms with E-state index in [0.717, 1.165) is 6.42 Å². The topological polar surface area (TPSA) is 12.0 Å². The van der Waals surface area contributed by atoms with Gasteiger partial charge in [-0.3, -0.25) is 0 Å². The van der Waals surface area contributed by atoms with Crippen molar-refractivity contribution < 1.29 is 0 Å². The third-order valence-corrected chi connectivity index (χ3v) is 5.24. The minimum absolute atomic E-state index is 0.365. The molecule has 1 nitrogen and oxygen atoms in total. The Labute approximate surface area is 130 Å². The van der Waals surface area contributed by atoms with E-state index in [2.05, 4.69) is 74.1 Å². The average molecular weight is 295 g/mol. The highest BCUT2D eigenvalue weighted by molar-refractivity contribution is 7.17. The first-order valence-electron chi connectivity index (χ1n) is 7.39. The summed E-state index contributed by atoms with van der Waals surface area (Å²) in [5.74, 6) is 0. The second kappa shape index (κ2) is 6.00. The zero-order valence-corrected chi connectivity index (χ0v) is 13.6. The summed E-state index contributed by atoms with van der Waals surface area (Å²) in [6.07, 6.45) is 1.03. The Morgan fingerprint density at radius 2 is 1.71 bits per heavy atom. The number of hydrogen-bond acceptors (Lipinski definition) is 2. The van der Waals surface area contributed by atoms with E-state index in [9.17, 15) is 0 Å². The minimum atomic E-state index is 0.365. The van der Waals surface area contributed by atoms with Crippen molar-refractivity contribution >= 4 is 21.4 Å². The van der Waals surface area contributed by atoms with E-state index in [1.165, 1.54) is 32.3 Å². The van der Waals surface area contributed by atoms with Gasteiger partial charge in [0.2, 0.25) is 0 Å². The van der Waals surface area contributed by atoms with Crippen LogP contribution < -0.4 is 5.32 Å². The lowest BCUT2D eigenvalue weighted by Crippen LogP contribution is -2.20. The van der Waals surface area contributed by atoms with Crippen LogP contribution in [0.2, 0.25) is 0 Å². The van der Waals surface area contributed by atoms with Gasteiger partial charge in [0.1, 0.15) is 0 Å². The second-order valence-corrected chi connectivity index (χ2v) is 6.52. The lowest BCUT2D eigenvalue weighted by atomic mass is 9.92. The average Bonchev–Trinajstić information content (AvgIpc) is 2.89. The van der Waals surface area contributed by atoms with Crippen LogP contribution in [0.1, 0.15) is 28.3 Å². The third kappa shape index (κ3) is 2.74. The van der Waals surface area contributed by atoms with Crippen molar-refractivity contribution in [3.63, 3.8) is 0 Å². The number of rotatable bonds is 4. The highest BCUT2D eigenvalue weighted by Crippen LogP contribution is 2.31. The monoisotopic (exact) mass is 295 g/mol. The molecule has 0 aliphatic rings. The normalized spacial score (nSPS) is 12.7. The molecular formula is C19H21NS. The number of benzene rings is 2. The highest BCUT2D eigenvalue weighted by Gasteiger charge is 2.16. The molecule has 0 spiro atoms. The van der Waals surface area contributed by atoms with E-state index >= 15 is 0 Å². The van der Waals surface area contributed by atoms with Crippen molar-refractivity contribution in [1.29, 1.82) is 0 Å². The van der Waals surface area contributed by atoms with E-state index in [1.54, 1.807) is 0 Å². The summed E-state index contributed by atoms with van der Waals surface area (Å²) in [5.41, 5.74) is 5.62. The summed E-state index contributed by atoms with van der Waals surface area (Å²) in [4.78, 5) is 0. The van der Waals surface area contributed by atoms with Crippen LogP contribution in [0.4, 0.5) is 0 Å². The fourth-order valence-electron chi connectivity index (χ4n) is 3.14. The molecule has 1 atom stereocenters. The van der Waals surface area contributed by atoms with Crippen molar-refractivity contribution in [1.82, 2.24) is 5.32 Å². The Hall–Kier alpha value is -1.64. The van der Waals surface area contributed by atoms with E-state index in [0.29, 0.717) is 6.04 Å². The predicted molar refractivity (Wildman–Crippen MR) is 93.2 cm³/mol. The third-order valence-electron chi connectivity index (χ3n) is 4.22. The Kier molecular flexibility index (Phi) is 4.09. The van der Waals surface area contributed by atoms with Crippen LogP contribution in [0.25, 0.3) is 10.1 Å². The molecule has 1 N–H and O–H groups in total. The lowest BCUT2D eigenvalue weighted by molar-refractivity contribution is 0.588. The lowest BCUT2D eigenvalue weighted by Gasteiger charge is -2.21. The Morgan fingerprint density at radius 3 is 2.43 bits per heavy atom. The number of fused-ring (bicyclic) bond motifs is 1. The molecule has 3 aromatic rings. The van der Waals surface area contributed by atoms with Crippen molar-refractivity contribution in [3.05, 3.63) is 70.1 Å². The predicted octanol–water partition coefficient (Wildman–Crippen LogP) is 5.02. The van der Waals surface area contributed by atoms with Crippen LogP contribution in [-0.2, 0) is 6.42 Å². The summed E-state index contributed by atoms with van der Waals surface area (Å²) in [6, 6.07) is 15.6. The Balaban J connectivity index is 1.98. The fourth-order valence-corrected chi connectivity index (χ4v) is 4.11. The molecule has 0 aliphatic carbocycles. The van der Waals surface area contributed by atoms with Crippen LogP contribution in [0, 0.1) is 13.8 Å². The second-order valence-electron chi connectivity index (χ2n) is 5.61. The van der Waals surface area contributed by atoms with E-state index in [1.807, 2.05) is 11.3 Å². The van der Waals surface area contributed by atoms with Crippen LogP contribution in [0.5, 0.6) is 0 Å². The SMILES string of the molecule is CNC(Cc1csc2ccccc12)c1c(C)cccc1C. The molecular weight excluding hydrogens is 274 g/mol. The molecule has 2 aromatic carbocycles. The minimum Gasteiger partial charge on any atom is -0.313 e. The van der Waals surface area contributed by atoms with Crippen LogP contribution >= 0.6 is 11.3 Å². The largest absolute Gasteiger partial charge is 0.313 e. The molecule has 0 saturated carbocycles. The van der Waals surface area contributed by atoms with Crippen LogP contribution in [0.15, 0.2) is 47.8 Å². The highest BCUT2D eigenvalue weighted by atomic mass is 32.1. The maximum Gasteiger partial charge on any atom is 0.0364 e. The van der Waals surface area contributed by atoms with Gasteiger partial charge >= 0.3 is 0 Å². The zero-order chi connectivity index (χ0) is 14.8. The summed E-state index contributed by atoms with van der Waals surface area (Å²) in [6.45, 7) is 4.41. The molecule has 1 unspecified atom stereocenters. The van der Waals surface area contributed by atoms with Crippen molar-refractivity contribution in [2.75, 3.05) is 7.05 Å². The number of aryl methyl sites for hydroxylation is 2. The van der Waals surface area contributed by atoms with Gasteiger partial charge in [0.15, 0.2) is 0 Å². The molecule has 0 bridgehead atoms. The molecule has 1 heterocycles. The number of thiophene rings is 1. The molecule has 0 amide bonds. The number of hydrogen-bond donors (Lipinski definition) is 1. The van der Waals surface area contributed by atoms with Crippen LogP contribution in [0.3, 0.4) is 0 Å². The molecule has 1 aromatic heterocycles. The summed E-state index contributed by atoms with van der Waals surface area (Å²) in [7, 11) is 2.06. The first kappa shape index (κ1) is 14.3. The first-order chi connectivity index (χ1) is 10.2. The van der Waals surface area contributed by atoms with E-state index < -0.39 is 0 Å². The quantitative estimate of drug-likeness (QED) is 0.712. The van der Waals surface area contributed by atoms with Gasteiger partial charge in [-0.1, -0.05) is 36.4 Å². The molecule has 0 fully saturated rings. The molecule has 3 rings (SSSR count). The Morgan fingerprint density at radius 1 is 1.00 bits per heavy atom. The van der Waals surface area contributed by atoms with E-state index in [4.69, 9.17) is 0 Å². The smallest absolute Gasteiger partial charge is 0.0364 e. The van der Waals surface area contributed by atoms with Gasteiger partial charge in [0.25, 0.3) is 0 Å². The summed E-state index contributed by atoms with van der Waals surface area (Å²) >= 11 is 1.84. The standard InChI is InChI=1S/C19H21NS/c1-13-7-6-8-14(2)19(13)17(20-3)11-15-12-21-18-10-5-4-9-16(15)18/h4-10,12,17,20H,11H2,1-3H3. The van der Waals surface area contributed by atoms with Gasteiger partial charge in [0.05, 0.1) is 0 Å². The maximum absolute atomic E-state index is 3.51. The van der Waals surface area contributed by atoms with Gasteiger partial charge in [-0.05, 0) is 66.4 Å². The fraction of sp³-hybridized carbons (Fsp3) is 0.263. The van der Waals surface area contributed by atoms with Gasteiger partial charge in [0, 0.05) is 10.7 Å². The number of nitrogens with one attached hydrogen (secondary N) is 1. The molecule has 108 valence electrons. The van der Waals surface area contributed by atoms with Gasteiger partial charge in [-0.2, -0.15) is 0 Å². The zero-order valence-electron chi connectivity index (χ0n) is 12.8. The van der Waals surface area contributed by atoms with Gasteiger partial charge in [-0.25, -0.2) is 0 Å². The van der Waals surface area contributed by atoms with Crippen molar-refractivity contribution in [2.24, 2.45) is 0 Å². The molecule has 2 heteroatoms. The van der Waals surface area contributed by atoms with E-state index in [-0.39, 0.29) is 0 Å². The van der Waals surface area contributed by atoms with Crippen LogP contribution in [-0.4, -0.2) is 7.05 Å².